The van der Waals surface area contributed by atoms with Crippen LogP contribution in [0.15, 0.2) is 42.5 Å². The molecule has 0 saturated carbocycles. The van der Waals surface area contributed by atoms with Crippen molar-refractivity contribution >= 4 is 16.6 Å². The Balaban J connectivity index is 2.02. The number of hydrogen-bond acceptors (Lipinski definition) is 6. The van der Waals surface area contributed by atoms with Crippen molar-refractivity contribution in [3.63, 3.8) is 0 Å². The van der Waals surface area contributed by atoms with E-state index in [0.717, 1.165) is 22.2 Å². The Morgan fingerprint density at radius 1 is 1.00 bits per heavy atom. The number of ether oxygens (including phenoxy) is 3. The summed E-state index contributed by atoms with van der Waals surface area (Å²) in [5.74, 6) is 1.74. The van der Waals surface area contributed by atoms with Gasteiger partial charge in [0, 0.05) is 17.1 Å². The number of nitriles is 1. The van der Waals surface area contributed by atoms with E-state index in [4.69, 9.17) is 14.2 Å². The van der Waals surface area contributed by atoms with Gasteiger partial charge in [0.05, 0.1) is 26.8 Å². The molecule has 0 amide bonds. The number of anilines is 1. The standard InChI is InChI=1S/C21H21N3O3/c1-13(14-9-19(25-2)21(27-4)20(10-14)26-3)23-18-11-15(12-22)24-17-8-6-5-7-16(17)18/h5-11,13H,1-4H3,(H,23,24). The predicted octanol–water partition coefficient (Wildman–Crippen LogP) is 4.31. The van der Waals surface area contributed by atoms with Crippen molar-refractivity contribution in [1.82, 2.24) is 4.98 Å². The highest BCUT2D eigenvalue weighted by atomic mass is 16.5. The van der Waals surface area contributed by atoms with E-state index in [0.29, 0.717) is 22.9 Å². The third-order valence-corrected chi connectivity index (χ3v) is 4.39. The SMILES string of the molecule is COc1cc(C(C)Nc2cc(C#N)nc3ccccc23)cc(OC)c1OC. The maximum Gasteiger partial charge on any atom is 0.203 e. The first-order valence-electron chi connectivity index (χ1n) is 8.47. The molecule has 2 aromatic carbocycles. The van der Waals surface area contributed by atoms with Crippen molar-refractivity contribution in [1.29, 1.82) is 5.26 Å². The topological polar surface area (TPSA) is 76.4 Å². The van der Waals surface area contributed by atoms with Gasteiger partial charge in [-0.15, -0.1) is 0 Å². The van der Waals surface area contributed by atoms with Gasteiger partial charge in [-0.05, 0) is 36.8 Å². The monoisotopic (exact) mass is 363 g/mol. The molecular formula is C21H21N3O3. The van der Waals surface area contributed by atoms with Crippen LogP contribution in [0.5, 0.6) is 17.2 Å². The number of para-hydroxylation sites is 1. The summed E-state index contributed by atoms with van der Waals surface area (Å²) in [5, 5.41) is 13.7. The molecular weight excluding hydrogens is 342 g/mol. The largest absolute Gasteiger partial charge is 0.493 e. The van der Waals surface area contributed by atoms with Gasteiger partial charge in [0.25, 0.3) is 0 Å². The van der Waals surface area contributed by atoms with Gasteiger partial charge in [0.2, 0.25) is 5.75 Å². The summed E-state index contributed by atoms with van der Waals surface area (Å²) in [7, 11) is 4.76. The Kier molecular flexibility index (Phi) is 5.32. The molecule has 0 fully saturated rings. The molecule has 0 spiro atoms. The van der Waals surface area contributed by atoms with E-state index in [-0.39, 0.29) is 6.04 Å². The van der Waals surface area contributed by atoms with Crippen LogP contribution in [0.1, 0.15) is 24.2 Å². The first-order valence-corrected chi connectivity index (χ1v) is 8.47. The second kappa shape index (κ2) is 7.83. The first-order chi connectivity index (χ1) is 13.1. The molecule has 0 saturated heterocycles. The third kappa shape index (κ3) is 3.58. The van der Waals surface area contributed by atoms with Gasteiger partial charge in [-0.25, -0.2) is 4.98 Å². The van der Waals surface area contributed by atoms with Crippen molar-refractivity contribution in [2.75, 3.05) is 26.6 Å². The van der Waals surface area contributed by atoms with Gasteiger partial charge in [-0.3, -0.25) is 0 Å². The number of nitrogens with one attached hydrogen (secondary N) is 1. The minimum Gasteiger partial charge on any atom is -0.493 e. The molecule has 27 heavy (non-hydrogen) atoms. The molecule has 0 aliphatic heterocycles. The van der Waals surface area contributed by atoms with Crippen LogP contribution in [0.4, 0.5) is 5.69 Å². The molecule has 0 aliphatic rings. The zero-order valence-electron chi connectivity index (χ0n) is 15.7. The minimum absolute atomic E-state index is 0.0731. The molecule has 0 bridgehead atoms. The lowest BCUT2D eigenvalue weighted by Crippen LogP contribution is -2.09. The number of rotatable bonds is 6. The molecule has 138 valence electrons. The lowest BCUT2D eigenvalue weighted by atomic mass is 10.1. The van der Waals surface area contributed by atoms with E-state index in [1.54, 1.807) is 27.4 Å². The lowest BCUT2D eigenvalue weighted by Gasteiger charge is -2.20. The Morgan fingerprint density at radius 3 is 2.26 bits per heavy atom. The normalized spacial score (nSPS) is 11.5. The number of hydrogen-bond donors (Lipinski definition) is 1. The number of aromatic nitrogens is 1. The van der Waals surface area contributed by atoms with Crippen LogP contribution in [-0.2, 0) is 0 Å². The van der Waals surface area contributed by atoms with Crippen LogP contribution in [0.2, 0.25) is 0 Å². The molecule has 1 aromatic heterocycles. The van der Waals surface area contributed by atoms with E-state index >= 15 is 0 Å². The minimum atomic E-state index is -0.0731. The molecule has 3 rings (SSSR count). The molecule has 1 N–H and O–H groups in total. The average molecular weight is 363 g/mol. The van der Waals surface area contributed by atoms with E-state index in [1.165, 1.54) is 0 Å². The van der Waals surface area contributed by atoms with Crippen molar-refractivity contribution < 1.29 is 14.2 Å². The van der Waals surface area contributed by atoms with Gasteiger partial charge in [-0.2, -0.15) is 5.26 Å². The van der Waals surface area contributed by atoms with Crippen molar-refractivity contribution in [3.05, 3.63) is 53.7 Å². The number of fused-ring (bicyclic) bond motifs is 1. The fourth-order valence-electron chi connectivity index (χ4n) is 3.02. The third-order valence-electron chi connectivity index (χ3n) is 4.39. The molecule has 0 radical (unpaired) electrons. The predicted molar refractivity (Wildman–Crippen MR) is 105 cm³/mol. The van der Waals surface area contributed by atoms with Crippen LogP contribution >= 0.6 is 0 Å². The summed E-state index contributed by atoms with van der Waals surface area (Å²) in [5.41, 5.74) is 2.95. The molecule has 1 atom stereocenters. The zero-order chi connectivity index (χ0) is 19.4. The summed E-state index contributed by atoms with van der Waals surface area (Å²) in [6.07, 6.45) is 0. The first kappa shape index (κ1) is 18.3. The summed E-state index contributed by atoms with van der Waals surface area (Å²) >= 11 is 0. The van der Waals surface area contributed by atoms with Crippen LogP contribution in [0.25, 0.3) is 10.9 Å². The smallest absolute Gasteiger partial charge is 0.203 e. The lowest BCUT2D eigenvalue weighted by molar-refractivity contribution is 0.323. The molecule has 3 aromatic rings. The van der Waals surface area contributed by atoms with E-state index in [2.05, 4.69) is 16.4 Å². The Labute approximate surface area is 158 Å². The summed E-state index contributed by atoms with van der Waals surface area (Å²) < 4.78 is 16.3. The van der Waals surface area contributed by atoms with Crippen molar-refractivity contribution in [2.24, 2.45) is 0 Å². The van der Waals surface area contributed by atoms with Crippen LogP contribution in [0.3, 0.4) is 0 Å². The second-order valence-electron chi connectivity index (χ2n) is 6.01. The Morgan fingerprint density at radius 2 is 1.67 bits per heavy atom. The van der Waals surface area contributed by atoms with Gasteiger partial charge in [0.15, 0.2) is 11.5 Å². The maximum absolute atomic E-state index is 9.28. The second-order valence-corrected chi connectivity index (χ2v) is 6.01. The quantitative estimate of drug-likeness (QED) is 0.703. The molecule has 0 aliphatic carbocycles. The Bertz CT molecular complexity index is 986. The van der Waals surface area contributed by atoms with E-state index < -0.39 is 0 Å². The van der Waals surface area contributed by atoms with Crippen LogP contribution in [0, 0.1) is 11.3 Å². The van der Waals surface area contributed by atoms with Crippen LogP contribution < -0.4 is 19.5 Å². The highest BCUT2D eigenvalue weighted by molar-refractivity contribution is 5.92. The number of nitrogens with zero attached hydrogens (tertiary/aromatic N) is 2. The Hall–Kier alpha value is -3.46. The number of benzene rings is 2. The fourth-order valence-corrected chi connectivity index (χ4v) is 3.02. The number of methoxy groups -OCH3 is 3. The molecule has 1 heterocycles. The molecule has 6 heteroatoms. The maximum atomic E-state index is 9.28. The van der Waals surface area contributed by atoms with Crippen molar-refractivity contribution in [3.8, 4) is 23.3 Å². The van der Waals surface area contributed by atoms with Crippen LogP contribution in [-0.4, -0.2) is 26.3 Å². The van der Waals surface area contributed by atoms with Gasteiger partial charge in [-0.1, -0.05) is 18.2 Å². The molecule has 1 unspecified atom stereocenters. The van der Waals surface area contributed by atoms with Gasteiger partial charge in [0.1, 0.15) is 11.8 Å². The zero-order valence-corrected chi connectivity index (χ0v) is 15.7. The van der Waals surface area contributed by atoms with Gasteiger partial charge < -0.3 is 19.5 Å². The number of pyridine rings is 1. The van der Waals surface area contributed by atoms with Crippen molar-refractivity contribution in [2.45, 2.75) is 13.0 Å². The average Bonchev–Trinajstić information content (AvgIpc) is 2.72. The summed E-state index contributed by atoms with van der Waals surface area (Å²) in [6.45, 7) is 2.03. The molecule has 6 nitrogen and oxygen atoms in total. The highest BCUT2D eigenvalue weighted by Crippen LogP contribution is 2.40. The van der Waals surface area contributed by atoms with E-state index in [1.807, 2.05) is 43.3 Å². The summed E-state index contributed by atoms with van der Waals surface area (Å²) in [4.78, 5) is 4.35. The highest BCUT2D eigenvalue weighted by Gasteiger charge is 2.17. The summed E-state index contributed by atoms with van der Waals surface area (Å²) in [6, 6.07) is 15.4. The van der Waals surface area contributed by atoms with E-state index in [9.17, 15) is 5.26 Å². The fraction of sp³-hybridized carbons (Fsp3) is 0.238. The van der Waals surface area contributed by atoms with Gasteiger partial charge >= 0.3 is 0 Å².